The number of rotatable bonds is 8. The highest BCUT2D eigenvalue weighted by molar-refractivity contribution is 6.30. The molecule has 0 spiro atoms. The Bertz CT molecular complexity index is 1180. The van der Waals surface area contributed by atoms with Crippen molar-refractivity contribution in [3.8, 4) is 0 Å². The van der Waals surface area contributed by atoms with Crippen LogP contribution < -0.4 is 10.6 Å². The zero-order valence-corrected chi connectivity index (χ0v) is 21.8. The van der Waals surface area contributed by atoms with Crippen molar-refractivity contribution in [2.45, 2.75) is 38.4 Å². The lowest BCUT2D eigenvalue weighted by atomic mass is 9.78. The molecule has 0 bridgehead atoms. The van der Waals surface area contributed by atoms with Gasteiger partial charge in [-0.05, 0) is 43.2 Å². The summed E-state index contributed by atoms with van der Waals surface area (Å²) < 4.78 is 5.10. The van der Waals surface area contributed by atoms with E-state index in [-0.39, 0.29) is 31.4 Å². The van der Waals surface area contributed by atoms with E-state index in [2.05, 4.69) is 10.6 Å². The molecular weight excluding hydrogens is 496 g/mol. The Morgan fingerprint density at radius 1 is 1.08 bits per heavy atom. The molecule has 2 aliphatic rings. The molecule has 0 radical (unpaired) electrons. The van der Waals surface area contributed by atoms with Crippen molar-refractivity contribution in [2.75, 3.05) is 25.5 Å². The molecule has 37 heavy (non-hydrogen) atoms. The molecular formula is C27H31ClN4O5. The molecule has 2 heterocycles. The second-order valence-corrected chi connectivity index (χ2v) is 9.73. The van der Waals surface area contributed by atoms with Crippen LogP contribution in [0.1, 0.15) is 25.8 Å². The molecule has 4 atom stereocenters. The van der Waals surface area contributed by atoms with Gasteiger partial charge in [0, 0.05) is 29.8 Å². The molecule has 2 saturated heterocycles. The van der Waals surface area contributed by atoms with Crippen molar-refractivity contribution < 1.29 is 23.9 Å². The number of amides is 4. The normalized spacial score (nSPS) is 24.6. The van der Waals surface area contributed by atoms with Crippen molar-refractivity contribution in [1.29, 1.82) is 0 Å². The first-order chi connectivity index (χ1) is 17.7. The van der Waals surface area contributed by atoms with E-state index < -0.39 is 35.3 Å². The molecule has 4 amide bonds. The number of likely N-dealkylation sites (tertiary alicyclic amines) is 1. The number of hydrogen-bond donors (Lipinski definition) is 2. The van der Waals surface area contributed by atoms with Gasteiger partial charge in [-0.2, -0.15) is 0 Å². The highest BCUT2D eigenvalue weighted by Crippen LogP contribution is 2.45. The summed E-state index contributed by atoms with van der Waals surface area (Å²) in [6.45, 7) is 4.19. The van der Waals surface area contributed by atoms with Crippen LogP contribution in [0.15, 0.2) is 54.6 Å². The smallest absolute Gasteiger partial charge is 0.326 e. The van der Waals surface area contributed by atoms with E-state index in [0.29, 0.717) is 17.3 Å². The molecule has 2 aromatic carbocycles. The van der Waals surface area contributed by atoms with Gasteiger partial charge in [0.25, 0.3) is 0 Å². The minimum absolute atomic E-state index is 0.119. The summed E-state index contributed by atoms with van der Waals surface area (Å²) in [5.41, 5.74) is 0.0176. The van der Waals surface area contributed by atoms with Gasteiger partial charge in [0.1, 0.15) is 5.54 Å². The first kappa shape index (κ1) is 26.6. The zero-order valence-electron chi connectivity index (χ0n) is 21.1. The van der Waals surface area contributed by atoms with E-state index >= 15 is 0 Å². The van der Waals surface area contributed by atoms with Crippen LogP contribution in [0.4, 0.5) is 10.5 Å². The van der Waals surface area contributed by atoms with Crippen LogP contribution in [0.2, 0.25) is 5.02 Å². The molecule has 10 heteroatoms. The molecule has 9 nitrogen and oxygen atoms in total. The summed E-state index contributed by atoms with van der Waals surface area (Å²) in [5, 5.41) is 6.64. The lowest BCUT2D eigenvalue weighted by Crippen LogP contribution is -2.58. The van der Waals surface area contributed by atoms with Gasteiger partial charge in [-0.3, -0.25) is 24.6 Å². The van der Waals surface area contributed by atoms with Crippen LogP contribution >= 0.6 is 11.6 Å². The number of nitrogens with zero attached hydrogens (tertiary/aromatic N) is 2. The number of likely N-dealkylation sites (N-methyl/N-ethyl adjacent to an activating group) is 1. The second-order valence-electron chi connectivity index (χ2n) is 9.29. The number of carbonyl (C=O) groups excluding carboxylic acids is 4. The van der Waals surface area contributed by atoms with E-state index in [1.165, 1.54) is 12.0 Å². The molecule has 0 unspecified atom stereocenters. The van der Waals surface area contributed by atoms with Gasteiger partial charge >= 0.3 is 12.0 Å². The van der Waals surface area contributed by atoms with Gasteiger partial charge in [0.05, 0.1) is 25.5 Å². The Labute approximate surface area is 221 Å². The maximum absolute atomic E-state index is 13.7. The van der Waals surface area contributed by atoms with E-state index in [9.17, 15) is 19.2 Å². The average Bonchev–Trinajstić information content (AvgIpc) is 3.37. The predicted octanol–water partition coefficient (Wildman–Crippen LogP) is 3.29. The lowest BCUT2D eigenvalue weighted by molar-refractivity contribution is -0.154. The summed E-state index contributed by atoms with van der Waals surface area (Å²) in [6, 6.07) is 15.0. The number of nitrogens with one attached hydrogen (secondary N) is 2. The summed E-state index contributed by atoms with van der Waals surface area (Å²) in [4.78, 5) is 56.2. The molecule has 2 N–H and O–H groups in total. The van der Waals surface area contributed by atoms with Crippen molar-refractivity contribution in [3.63, 3.8) is 0 Å². The number of imide groups is 1. The Morgan fingerprint density at radius 3 is 2.35 bits per heavy atom. The number of benzene rings is 2. The van der Waals surface area contributed by atoms with E-state index in [4.69, 9.17) is 16.3 Å². The SMILES string of the molecule is CCN(C[C@H]1N[C@@](CC)(C(=O)OC)[C@H]2C(=O)N(Cc3ccccc3)C(=O)[C@@H]12)C(=O)Nc1ccc(Cl)cc1. The van der Waals surface area contributed by atoms with Crippen molar-refractivity contribution in [1.82, 2.24) is 15.1 Å². The number of fused-ring (bicyclic) bond motifs is 1. The number of esters is 1. The van der Waals surface area contributed by atoms with Crippen LogP contribution in [-0.2, 0) is 25.7 Å². The number of carbonyl (C=O) groups is 4. The van der Waals surface area contributed by atoms with E-state index in [1.54, 1.807) is 36.1 Å². The van der Waals surface area contributed by atoms with Gasteiger partial charge in [-0.1, -0.05) is 48.9 Å². The third kappa shape index (κ3) is 4.93. The van der Waals surface area contributed by atoms with Gasteiger partial charge in [0.15, 0.2) is 0 Å². The number of ether oxygens (including phenoxy) is 1. The van der Waals surface area contributed by atoms with Crippen molar-refractivity contribution >= 4 is 41.1 Å². The van der Waals surface area contributed by atoms with E-state index in [1.807, 2.05) is 37.3 Å². The fourth-order valence-electron chi connectivity index (χ4n) is 5.43. The van der Waals surface area contributed by atoms with E-state index in [0.717, 1.165) is 5.56 Å². The molecule has 2 aromatic rings. The number of halogens is 1. The summed E-state index contributed by atoms with van der Waals surface area (Å²) in [7, 11) is 1.27. The third-order valence-electron chi connectivity index (χ3n) is 7.32. The predicted molar refractivity (Wildman–Crippen MR) is 139 cm³/mol. The van der Waals surface area contributed by atoms with Gasteiger partial charge in [-0.15, -0.1) is 0 Å². The molecule has 2 fully saturated rings. The topological polar surface area (TPSA) is 108 Å². The Kier molecular flexibility index (Phi) is 7.85. The maximum atomic E-state index is 13.7. The Morgan fingerprint density at radius 2 is 1.76 bits per heavy atom. The number of urea groups is 1. The number of methoxy groups -OCH3 is 1. The molecule has 0 saturated carbocycles. The first-order valence-corrected chi connectivity index (χ1v) is 12.7. The van der Waals surface area contributed by atoms with Crippen LogP contribution in [0, 0.1) is 11.8 Å². The molecule has 196 valence electrons. The number of hydrogen-bond acceptors (Lipinski definition) is 6. The molecule has 2 aliphatic heterocycles. The highest BCUT2D eigenvalue weighted by atomic mass is 35.5. The standard InChI is InChI=1S/C27H31ClN4O5/c1-4-27(25(35)37-3)22-21(23(33)32(24(22)34)15-17-9-7-6-8-10-17)20(30-27)16-31(5-2)26(36)29-19-13-11-18(28)12-14-19/h6-14,20-22,30H,4-5,15-16H2,1-3H3,(H,29,36)/t20-,21+,22-,27-/m1/s1. The fraction of sp³-hybridized carbons (Fsp3) is 0.407. The quantitative estimate of drug-likeness (QED) is 0.404. The largest absolute Gasteiger partial charge is 0.468 e. The molecule has 0 aliphatic carbocycles. The van der Waals surface area contributed by atoms with Crippen molar-refractivity contribution in [3.05, 3.63) is 65.2 Å². The van der Waals surface area contributed by atoms with Crippen molar-refractivity contribution in [2.24, 2.45) is 11.8 Å². The third-order valence-corrected chi connectivity index (χ3v) is 7.57. The summed E-state index contributed by atoms with van der Waals surface area (Å²) in [6.07, 6.45) is 0.249. The van der Waals surface area contributed by atoms with Gasteiger partial charge in [-0.25, -0.2) is 4.79 Å². The summed E-state index contributed by atoms with van der Waals surface area (Å²) in [5.74, 6) is -3.10. The second kappa shape index (κ2) is 10.9. The summed E-state index contributed by atoms with van der Waals surface area (Å²) >= 11 is 5.94. The molecule has 4 rings (SSSR count). The Hall–Kier alpha value is -3.43. The monoisotopic (exact) mass is 526 g/mol. The fourth-order valence-corrected chi connectivity index (χ4v) is 5.55. The van der Waals surface area contributed by atoms with Gasteiger partial charge in [0.2, 0.25) is 11.8 Å². The highest BCUT2D eigenvalue weighted by Gasteiger charge is 2.67. The van der Waals surface area contributed by atoms with Crippen LogP contribution in [-0.4, -0.2) is 65.4 Å². The minimum atomic E-state index is -1.37. The van der Waals surface area contributed by atoms with Gasteiger partial charge < -0.3 is 15.0 Å². The van der Waals surface area contributed by atoms with Crippen LogP contribution in [0.5, 0.6) is 0 Å². The molecule has 0 aromatic heterocycles. The first-order valence-electron chi connectivity index (χ1n) is 12.3. The Balaban J connectivity index is 1.62. The maximum Gasteiger partial charge on any atom is 0.326 e. The zero-order chi connectivity index (χ0) is 26.7. The number of anilines is 1. The van der Waals surface area contributed by atoms with Crippen LogP contribution in [0.3, 0.4) is 0 Å². The minimum Gasteiger partial charge on any atom is -0.468 e. The lowest BCUT2D eigenvalue weighted by Gasteiger charge is -2.32. The average molecular weight is 527 g/mol. The van der Waals surface area contributed by atoms with Crippen LogP contribution in [0.25, 0.3) is 0 Å².